The normalized spacial score (nSPS) is 12.3. The number of aromatic nitrogens is 2. The van der Waals surface area contributed by atoms with Gasteiger partial charge >= 0.3 is 12.2 Å². The van der Waals surface area contributed by atoms with Gasteiger partial charge in [-0.2, -0.15) is 0 Å². The SMILES string of the molecule is CC(C)(C)OC(=O)NCCC[C@@H](CNC(=O)c1nc2ccc(-c3ccc([N+](=O)[O-])cc3)cc2[nH]1)NC(=O)OC(C)(C)C. The lowest BCUT2D eigenvalue weighted by Gasteiger charge is -2.24. The van der Waals surface area contributed by atoms with Crippen molar-refractivity contribution in [1.82, 2.24) is 25.9 Å². The third-order valence-corrected chi connectivity index (χ3v) is 5.74. The summed E-state index contributed by atoms with van der Waals surface area (Å²) in [6, 6.07) is 11.1. The minimum Gasteiger partial charge on any atom is -0.444 e. The summed E-state index contributed by atoms with van der Waals surface area (Å²) in [6.07, 6.45) is -0.210. The minimum absolute atomic E-state index is 0.000841. The van der Waals surface area contributed by atoms with E-state index >= 15 is 0 Å². The number of carbonyl (C=O) groups is 3. The van der Waals surface area contributed by atoms with E-state index in [-0.39, 0.29) is 18.1 Å². The first-order chi connectivity index (χ1) is 19.6. The van der Waals surface area contributed by atoms with Crippen LogP contribution in [0.15, 0.2) is 42.5 Å². The van der Waals surface area contributed by atoms with Gasteiger partial charge in [-0.25, -0.2) is 14.6 Å². The number of benzene rings is 2. The Hall–Kier alpha value is -4.68. The topological polar surface area (TPSA) is 178 Å². The van der Waals surface area contributed by atoms with Crippen molar-refractivity contribution < 1.29 is 28.8 Å². The van der Waals surface area contributed by atoms with Crippen molar-refractivity contribution in [2.24, 2.45) is 0 Å². The molecule has 226 valence electrons. The van der Waals surface area contributed by atoms with Crippen LogP contribution in [-0.4, -0.2) is 63.3 Å². The maximum Gasteiger partial charge on any atom is 0.407 e. The maximum absolute atomic E-state index is 13.0. The molecule has 0 aliphatic carbocycles. The Kier molecular flexibility index (Phi) is 10.1. The Labute approximate surface area is 243 Å². The fourth-order valence-electron chi connectivity index (χ4n) is 3.92. The lowest BCUT2D eigenvalue weighted by Crippen LogP contribution is -2.46. The van der Waals surface area contributed by atoms with Crippen LogP contribution >= 0.6 is 0 Å². The fourth-order valence-corrected chi connectivity index (χ4v) is 3.92. The van der Waals surface area contributed by atoms with E-state index in [2.05, 4.69) is 25.9 Å². The summed E-state index contributed by atoms with van der Waals surface area (Å²) in [5.74, 6) is -0.376. The number of fused-ring (bicyclic) bond motifs is 1. The number of nitrogens with zero attached hydrogens (tertiary/aromatic N) is 2. The highest BCUT2D eigenvalue weighted by molar-refractivity contribution is 5.95. The van der Waals surface area contributed by atoms with Gasteiger partial charge in [0.15, 0.2) is 5.82 Å². The summed E-state index contributed by atoms with van der Waals surface area (Å²) in [4.78, 5) is 55.1. The van der Waals surface area contributed by atoms with Gasteiger partial charge in [0.25, 0.3) is 11.6 Å². The molecule has 0 saturated heterocycles. The van der Waals surface area contributed by atoms with Crippen LogP contribution in [0.25, 0.3) is 22.2 Å². The minimum atomic E-state index is -0.697. The van der Waals surface area contributed by atoms with Gasteiger partial charge in [-0.15, -0.1) is 0 Å². The van der Waals surface area contributed by atoms with Crippen molar-refractivity contribution in [1.29, 1.82) is 0 Å². The molecular weight excluding hydrogens is 544 g/mol. The second-order valence-corrected chi connectivity index (χ2v) is 11.7. The van der Waals surface area contributed by atoms with Gasteiger partial charge < -0.3 is 30.4 Å². The fraction of sp³-hybridized carbons (Fsp3) is 0.448. The molecule has 0 saturated carbocycles. The molecule has 0 radical (unpaired) electrons. The number of aromatic amines is 1. The zero-order chi connectivity index (χ0) is 31.1. The number of hydrogen-bond acceptors (Lipinski definition) is 8. The lowest BCUT2D eigenvalue weighted by molar-refractivity contribution is -0.384. The zero-order valence-corrected chi connectivity index (χ0v) is 24.7. The monoisotopic (exact) mass is 582 g/mol. The standard InChI is InChI=1S/C29H38N6O7/c1-28(2,3)41-26(37)30-15-7-8-20(32-27(38)42-29(4,5)6)17-31-25(36)24-33-22-14-11-19(16-23(22)34-24)18-9-12-21(13-10-18)35(39)40/h9-14,16,20H,7-8,15,17H2,1-6H3,(H,30,37)(H,31,36)(H,32,38)(H,33,34)/t20-/m0/s1. The van der Waals surface area contributed by atoms with Crippen LogP contribution in [0.2, 0.25) is 0 Å². The maximum atomic E-state index is 13.0. The number of nitrogens with one attached hydrogen (secondary N) is 4. The predicted octanol–water partition coefficient (Wildman–Crippen LogP) is 5.07. The Bertz CT molecular complexity index is 1420. The van der Waals surface area contributed by atoms with E-state index in [1.54, 1.807) is 59.7 Å². The van der Waals surface area contributed by atoms with E-state index in [0.29, 0.717) is 30.4 Å². The largest absolute Gasteiger partial charge is 0.444 e. The van der Waals surface area contributed by atoms with E-state index in [1.165, 1.54) is 12.1 Å². The molecule has 0 aliphatic heterocycles. The molecule has 0 fully saturated rings. The number of nitro groups is 1. The summed E-state index contributed by atoms with van der Waals surface area (Å²) in [7, 11) is 0. The summed E-state index contributed by atoms with van der Waals surface area (Å²) in [5.41, 5.74) is 1.46. The molecule has 3 amide bonds. The van der Waals surface area contributed by atoms with Gasteiger partial charge in [0, 0.05) is 31.3 Å². The molecule has 13 heteroatoms. The van der Waals surface area contributed by atoms with Gasteiger partial charge in [-0.1, -0.05) is 6.07 Å². The van der Waals surface area contributed by atoms with Crippen LogP contribution < -0.4 is 16.0 Å². The van der Waals surface area contributed by atoms with Gasteiger partial charge in [-0.05, 0) is 89.8 Å². The third-order valence-electron chi connectivity index (χ3n) is 5.74. The van der Waals surface area contributed by atoms with Crippen LogP contribution in [0.3, 0.4) is 0 Å². The number of alkyl carbamates (subject to hydrolysis) is 2. The van der Waals surface area contributed by atoms with Crippen molar-refractivity contribution in [2.45, 2.75) is 71.6 Å². The second-order valence-electron chi connectivity index (χ2n) is 11.7. The molecular formula is C29H38N6O7. The Morgan fingerprint density at radius 3 is 2.17 bits per heavy atom. The van der Waals surface area contributed by atoms with Crippen molar-refractivity contribution in [3.8, 4) is 11.1 Å². The molecule has 3 rings (SSSR count). The predicted molar refractivity (Wildman–Crippen MR) is 157 cm³/mol. The highest BCUT2D eigenvalue weighted by atomic mass is 16.6. The van der Waals surface area contributed by atoms with Gasteiger partial charge in [0.2, 0.25) is 0 Å². The molecule has 3 aromatic rings. The van der Waals surface area contributed by atoms with E-state index in [1.807, 2.05) is 12.1 Å². The van der Waals surface area contributed by atoms with Gasteiger partial charge in [-0.3, -0.25) is 14.9 Å². The lowest BCUT2D eigenvalue weighted by atomic mass is 10.0. The van der Waals surface area contributed by atoms with Crippen molar-refractivity contribution in [2.75, 3.05) is 13.1 Å². The molecule has 13 nitrogen and oxygen atoms in total. The highest BCUT2D eigenvalue weighted by Gasteiger charge is 2.21. The van der Waals surface area contributed by atoms with Crippen molar-refractivity contribution in [3.05, 3.63) is 58.4 Å². The average Bonchev–Trinajstić information content (AvgIpc) is 3.31. The van der Waals surface area contributed by atoms with E-state index in [9.17, 15) is 24.5 Å². The Morgan fingerprint density at radius 1 is 0.929 bits per heavy atom. The van der Waals surface area contributed by atoms with Crippen LogP contribution in [0.5, 0.6) is 0 Å². The molecule has 1 atom stereocenters. The number of hydrogen-bond donors (Lipinski definition) is 4. The summed E-state index contributed by atoms with van der Waals surface area (Å²) in [5, 5.41) is 19.2. The molecule has 2 aromatic carbocycles. The smallest absolute Gasteiger partial charge is 0.407 e. The van der Waals surface area contributed by atoms with E-state index < -0.39 is 40.3 Å². The number of rotatable bonds is 10. The molecule has 1 heterocycles. The van der Waals surface area contributed by atoms with Crippen molar-refractivity contribution in [3.63, 3.8) is 0 Å². The highest BCUT2D eigenvalue weighted by Crippen LogP contribution is 2.25. The summed E-state index contributed by atoms with van der Waals surface area (Å²) < 4.78 is 10.6. The average molecular weight is 583 g/mol. The number of carbonyl (C=O) groups excluding carboxylic acids is 3. The Balaban J connectivity index is 1.63. The van der Waals surface area contributed by atoms with Crippen LogP contribution in [0, 0.1) is 10.1 Å². The van der Waals surface area contributed by atoms with E-state index in [0.717, 1.165) is 11.1 Å². The number of ether oxygens (including phenoxy) is 2. The molecule has 0 bridgehead atoms. The number of amides is 3. The molecule has 1 aromatic heterocycles. The first-order valence-electron chi connectivity index (χ1n) is 13.6. The first-order valence-corrected chi connectivity index (χ1v) is 13.6. The number of imidazole rings is 1. The molecule has 4 N–H and O–H groups in total. The number of nitro benzene ring substituents is 1. The van der Waals surface area contributed by atoms with Gasteiger partial charge in [0.05, 0.1) is 16.0 Å². The third kappa shape index (κ3) is 10.1. The van der Waals surface area contributed by atoms with Crippen LogP contribution in [-0.2, 0) is 9.47 Å². The van der Waals surface area contributed by atoms with E-state index in [4.69, 9.17) is 9.47 Å². The summed E-state index contributed by atoms with van der Waals surface area (Å²) in [6.45, 7) is 11.0. The zero-order valence-electron chi connectivity index (χ0n) is 24.7. The molecule has 0 spiro atoms. The van der Waals surface area contributed by atoms with Gasteiger partial charge in [0.1, 0.15) is 11.2 Å². The number of non-ortho nitro benzene ring substituents is 1. The first kappa shape index (κ1) is 31.8. The Morgan fingerprint density at radius 2 is 1.55 bits per heavy atom. The molecule has 42 heavy (non-hydrogen) atoms. The number of H-pyrrole nitrogens is 1. The van der Waals surface area contributed by atoms with Crippen LogP contribution in [0.1, 0.15) is 65.0 Å². The summed E-state index contributed by atoms with van der Waals surface area (Å²) >= 11 is 0. The van der Waals surface area contributed by atoms with Crippen molar-refractivity contribution >= 4 is 34.8 Å². The second kappa shape index (κ2) is 13.3. The quantitative estimate of drug-likeness (QED) is 0.145. The molecule has 0 aliphatic rings. The molecule has 0 unspecified atom stereocenters. The van der Waals surface area contributed by atoms with Crippen LogP contribution in [0.4, 0.5) is 15.3 Å².